The zero-order valence-corrected chi connectivity index (χ0v) is 18.1. The number of aromatic nitrogens is 5. The van der Waals surface area contributed by atoms with Crippen LogP contribution in [0.4, 0.5) is 0 Å². The van der Waals surface area contributed by atoms with Crippen LogP contribution >= 0.6 is 0 Å². The van der Waals surface area contributed by atoms with Crippen molar-refractivity contribution >= 4 is 21.9 Å². The van der Waals surface area contributed by atoms with Crippen molar-refractivity contribution in [3.63, 3.8) is 0 Å². The van der Waals surface area contributed by atoms with E-state index in [1.807, 2.05) is 30.7 Å². The van der Waals surface area contributed by atoms with E-state index in [0.717, 1.165) is 74.2 Å². The fourth-order valence-electron chi connectivity index (χ4n) is 4.23. The molecule has 0 aliphatic carbocycles. The van der Waals surface area contributed by atoms with Gasteiger partial charge in [0.05, 0.1) is 18.2 Å². The molecule has 0 saturated heterocycles. The standard InChI is InChI=1S/C26H22N6O/c1-2-27-11-16-8-18(13-28-12-16)19-9-22-25(31-32-26(22)29-14-19)24-10-21-20(17-6-7-33-15-17)4-3-5-23(21)30-24/h3-10,12-15,27,30H,2,11H2,1H3,(H,29,31,32). The number of nitrogens with one attached hydrogen (secondary N) is 3. The van der Waals surface area contributed by atoms with E-state index in [4.69, 9.17) is 4.42 Å². The number of furan rings is 1. The summed E-state index contributed by atoms with van der Waals surface area (Å²) >= 11 is 0. The topological polar surface area (TPSA) is 95.4 Å². The number of nitrogens with zero attached hydrogens (tertiary/aromatic N) is 3. The van der Waals surface area contributed by atoms with Gasteiger partial charge in [-0.15, -0.1) is 0 Å². The lowest BCUT2D eigenvalue weighted by molar-refractivity contribution is 0.568. The first-order chi connectivity index (χ1) is 16.3. The molecule has 7 heteroatoms. The van der Waals surface area contributed by atoms with Crippen molar-refractivity contribution in [3.8, 4) is 33.6 Å². The fourth-order valence-corrected chi connectivity index (χ4v) is 4.23. The van der Waals surface area contributed by atoms with Crippen LogP contribution in [0.2, 0.25) is 0 Å². The molecule has 33 heavy (non-hydrogen) atoms. The molecule has 0 fully saturated rings. The number of fused-ring (bicyclic) bond motifs is 2. The lowest BCUT2D eigenvalue weighted by atomic mass is 10.0. The van der Waals surface area contributed by atoms with Gasteiger partial charge in [-0.25, -0.2) is 4.98 Å². The van der Waals surface area contributed by atoms with Crippen molar-refractivity contribution in [1.82, 2.24) is 30.5 Å². The number of hydrogen-bond acceptors (Lipinski definition) is 5. The average Bonchev–Trinajstić information content (AvgIpc) is 3.61. The Hall–Kier alpha value is -4.23. The first-order valence-electron chi connectivity index (χ1n) is 10.9. The Morgan fingerprint density at radius 1 is 0.970 bits per heavy atom. The molecule has 5 aromatic heterocycles. The van der Waals surface area contributed by atoms with Crippen LogP contribution in [0, 0.1) is 0 Å². The van der Waals surface area contributed by atoms with E-state index in [9.17, 15) is 0 Å². The molecular weight excluding hydrogens is 412 g/mol. The number of benzene rings is 1. The number of H-pyrrole nitrogens is 2. The number of aromatic amines is 2. The van der Waals surface area contributed by atoms with Crippen molar-refractivity contribution in [3.05, 3.63) is 79.1 Å². The van der Waals surface area contributed by atoms with Crippen LogP contribution in [-0.2, 0) is 6.54 Å². The third-order valence-electron chi connectivity index (χ3n) is 5.88. The van der Waals surface area contributed by atoms with E-state index in [1.165, 1.54) is 0 Å². The Kier molecular flexibility index (Phi) is 4.74. The quantitative estimate of drug-likeness (QED) is 0.320. The van der Waals surface area contributed by atoms with Gasteiger partial charge in [0.25, 0.3) is 0 Å². The van der Waals surface area contributed by atoms with Crippen molar-refractivity contribution in [1.29, 1.82) is 0 Å². The summed E-state index contributed by atoms with van der Waals surface area (Å²) in [4.78, 5) is 12.6. The predicted octanol–water partition coefficient (Wildman–Crippen LogP) is 5.54. The molecule has 1 aromatic carbocycles. The molecule has 0 aliphatic heterocycles. The second-order valence-corrected chi connectivity index (χ2v) is 8.02. The number of hydrogen-bond donors (Lipinski definition) is 3. The average molecular weight is 435 g/mol. The van der Waals surface area contributed by atoms with Crippen molar-refractivity contribution in [2.24, 2.45) is 0 Å². The van der Waals surface area contributed by atoms with Crippen LogP contribution < -0.4 is 5.32 Å². The Morgan fingerprint density at radius 2 is 1.91 bits per heavy atom. The molecule has 6 aromatic rings. The molecule has 3 N–H and O–H groups in total. The highest BCUT2D eigenvalue weighted by atomic mass is 16.3. The third kappa shape index (κ3) is 3.48. The maximum atomic E-state index is 5.29. The highest BCUT2D eigenvalue weighted by molar-refractivity contribution is 6.01. The first kappa shape index (κ1) is 19.5. The molecule has 0 atom stereocenters. The van der Waals surface area contributed by atoms with Gasteiger partial charge in [-0.05, 0) is 48.0 Å². The highest BCUT2D eigenvalue weighted by Gasteiger charge is 2.15. The van der Waals surface area contributed by atoms with Gasteiger partial charge >= 0.3 is 0 Å². The van der Waals surface area contributed by atoms with Gasteiger partial charge in [0.1, 0.15) is 5.69 Å². The minimum atomic E-state index is 0.749. The van der Waals surface area contributed by atoms with Crippen LogP contribution in [0.25, 0.3) is 55.6 Å². The maximum Gasteiger partial charge on any atom is 0.155 e. The van der Waals surface area contributed by atoms with E-state index in [1.54, 1.807) is 12.5 Å². The first-order valence-corrected chi connectivity index (χ1v) is 10.9. The highest BCUT2D eigenvalue weighted by Crippen LogP contribution is 2.34. The molecule has 5 heterocycles. The second-order valence-electron chi connectivity index (χ2n) is 8.02. The minimum Gasteiger partial charge on any atom is -0.472 e. The van der Waals surface area contributed by atoms with Crippen molar-refractivity contribution < 1.29 is 4.42 Å². The molecule has 0 saturated carbocycles. The van der Waals surface area contributed by atoms with E-state index in [0.29, 0.717) is 0 Å². The molecular formula is C26H22N6O. The largest absolute Gasteiger partial charge is 0.472 e. The zero-order valence-electron chi connectivity index (χ0n) is 18.1. The Bertz CT molecular complexity index is 1560. The van der Waals surface area contributed by atoms with E-state index in [-0.39, 0.29) is 0 Å². The molecule has 0 bridgehead atoms. The fraction of sp³-hybridized carbons (Fsp3) is 0.115. The van der Waals surface area contributed by atoms with Crippen LogP contribution in [0.1, 0.15) is 12.5 Å². The van der Waals surface area contributed by atoms with Gasteiger partial charge in [0.15, 0.2) is 5.65 Å². The minimum absolute atomic E-state index is 0.749. The number of rotatable bonds is 6. The summed E-state index contributed by atoms with van der Waals surface area (Å²) < 4.78 is 5.29. The molecule has 0 radical (unpaired) electrons. The molecule has 162 valence electrons. The summed E-state index contributed by atoms with van der Waals surface area (Å²) in [5.41, 5.74) is 8.92. The van der Waals surface area contributed by atoms with Gasteiger partial charge in [-0.1, -0.05) is 19.1 Å². The summed E-state index contributed by atoms with van der Waals surface area (Å²) in [5, 5.41) is 13.1. The Labute approximate surface area is 189 Å². The lowest BCUT2D eigenvalue weighted by Crippen LogP contribution is -2.11. The van der Waals surface area contributed by atoms with Gasteiger partial charge in [0.2, 0.25) is 0 Å². The molecule has 7 nitrogen and oxygen atoms in total. The normalized spacial score (nSPS) is 11.5. The van der Waals surface area contributed by atoms with Gasteiger partial charge in [-0.2, -0.15) is 5.10 Å². The van der Waals surface area contributed by atoms with E-state index in [2.05, 4.69) is 67.7 Å². The van der Waals surface area contributed by atoms with Crippen LogP contribution in [0.15, 0.2) is 78.0 Å². The monoisotopic (exact) mass is 434 g/mol. The predicted molar refractivity (Wildman–Crippen MR) is 129 cm³/mol. The molecule has 0 amide bonds. The van der Waals surface area contributed by atoms with Gasteiger partial charge < -0.3 is 14.7 Å². The maximum absolute atomic E-state index is 5.29. The molecule has 6 rings (SSSR count). The van der Waals surface area contributed by atoms with Crippen LogP contribution in [0.3, 0.4) is 0 Å². The lowest BCUT2D eigenvalue weighted by Gasteiger charge is -2.06. The SMILES string of the molecule is CCNCc1cncc(-c2cnc3[nH]nc(-c4cc5c(-c6ccoc6)cccc5[nH]4)c3c2)c1. The summed E-state index contributed by atoms with van der Waals surface area (Å²) in [7, 11) is 0. The zero-order chi connectivity index (χ0) is 22.2. The molecule has 0 aliphatic rings. The van der Waals surface area contributed by atoms with E-state index >= 15 is 0 Å². The Balaban J connectivity index is 1.44. The summed E-state index contributed by atoms with van der Waals surface area (Å²) in [5.74, 6) is 0. The molecule has 0 unspecified atom stereocenters. The Morgan fingerprint density at radius 3 is 2.79 bits per heavy atom. The molecule has 0 spiro atoms. The number of pyridine rings is 2. The second kappa shape index (κ2) is 8.03. The van der Waals surface area contributed by atoms with Crippen molar-refractivity contribution in [2.45, 2.75) is 13.5 Å². The van der Waals surface area contributed by atoms with Gasteiger partial charge in [-0.3, -0.25) is 10.1 Å². The van der Waals surface area contributed by atoms with Crippen molar-refractivity contribution in [2.75, 3.05) is 6.54 Å². The van der Waals surface area contributed by atoms with Crippen LogP contribution in [0.5, 0.6) is 0 Å². The van der Waals surface area contributed by atoms with Gasteiger partial charge in [0, 0.05) is 58.1 Å². The third-order valence-corrected chi connectivity index (χ3v) is 5.88. The smallest absolute Gasteiger partial charge is 0.155 e. The summed E-state index contributed by atoms with van der Waals surface area (Å²) in [6, 6.07) is 14.6. The summed E-state index contributed by atoms with van der Waals surface area (Å²) in [6.45, 7) is 3.80. The summed E-state index contributed by atoms with van der Waals surface area (Å²) in [6.07, 6.45) is 9.08. The van der Waals surface area contributed by atoms with E-state index < -0.39 is 0 Å². The van der Waals surface area contributed by atoms with Crippen LogP contribution in [-0.4, -0.2) is 31.7 Å².